The number of aromatic nitrogens is 1. The Balaban J connectivity index is 1.59. The van der Waals surface area contributed by atoms with Crippen LogP contribution in [0.1, 0.15) is 18.1 Å². The molecule has 8 nitrogen and oxygen atoms in total. The number of nitrogens with one attached hydrogen (secondary N) is 2. The number of thiazole rings is 1. The summed E-state index contributed by atoms with van der Waals surface area (Å²) >= 11 is 1.37. The Kier molecular flexibility index (Phi) is 7.23. The molecule has 9 heteroatoms. The number of amides is 1. The zero-order valence-corrected chi connectivity index (χ0v) is 17.5. The van der Waals surface area contributed by atoms with Crippen molar-refractivity contribution in [3.8, 4) is 11.5 Å². The maximum Gasteiger partial charge on any atom is 0.262 e. The number of nitrogens with zero attached hydrogens (tertiary/aromatic N) is 2. The van der Waals surface area contributed by atoms with Gasteiger partial charge >= 0.3 is 0 Å². The molecule has 1 heterocycles. The molecular weight excluding hydrogens is 402 g/mol. The van der Waals surface area contributed by atoms with Crippen LogP contribution in [0.3, 0.4) is 0 Å². The molecule has 0 saturated heterocycles. The molecule has 0 radical (unpaired) electrons. The van der Waals surface area contributed by atoms with Gasteiger partial charge in [-0.3, -0.25) is 10.2 Å². The predicted octanol–water partition coefficient (Wildman–Crippen LogP) is 3.90. The molecule has 0 unspecified atom stereocenters. The lowest BCUT2D eigenvalue weighted by Crippen LogP contribution is -2.20. The Morgan fingerprint density at radius 2 is 2.00 bits per heavy atom. The van der Waals surface area contributed by atoms with E-state index in [-0.39, 0.29) is 12.5 Å². The largest absolute Gasteiger partial charge is 0.490 e. The van der Waals surface area contributed by atoms with Crippen molar-refractivity contribution in [1.82, 2.24) is 4.98 Å². The summed E-state index contributed by atoms with van der Waals surface area (Å²) in [7, 11) is 0. The summed E-state index contributed by atoms with van der Waals surface area (Å²) in [4.78, 5) is 16.2. The van der Waals surface area contributed by atoms with Crippen LogP contribution in [-0.4, -0.2) is 30.3 Å². The summed E-state index contributed by atoms with van der Waals surface area (Å²) in [6, 6.07) is 12.9. The Morgan fingerprint density at radius 1 is 1.20 bits per heavy atom. The van der Waals surface area contributed by atoms with Crippen molar-refractivity contribution in [3.05, 3.63) is 59.0 Å². The number of hydrogen-bond donors (Lipinski definition) is 3. The fraction of sp³-hybridized carbons (Fsp3) is 0.190. The van der Waals surface area contributed by atoms with E-state index in [0.29, 0.717) is 29.1 Å². The predicted molar refractivity (Wildman–Crippen MR) is 121 cm³/mol. The van der Waals surface area contributed by atoms with Gasteiger partial charge in [0.05, 0.1) is 12.8 Å². The highest BCUT2D eigenvalue weighted by Crippen LogP contribution is 2.28. The van der Waals surface area contributed by atoms with Gasteiger partial charge in [0, 0.05) is 11.1 Å². The Labute approximate surface area is 178 Å². The molecule has 0 aliphatic rings. The number of benzene rings is 2. The molecule has 0 spiro atoms. The molecule has 1 amide bonds. The highest BCUT2D eigenvalue weighted by Gasteiger charge is 2.09. The number of nitrogens with two attached hydrogens (primary N) is 1. The molecule has 3 aromatic rings. The third-order valence-electron chi connectivity index (χ3n) is 3.86. The standard InChI is InChI=1S/C21H23N5O3S/c1-3-28-18-10-15(11-23-26-21-25-19(22)13-30-21)6-9-17(18)29-12-20(27)24-16-7-4-14(2)5-8-16/h4-11,13H,3,12,22H2,1-2H3,(H,24,27)(H,25,26). The molecule has 4 N–H and O–H groups in total. The van der Waals surface area contributed by atoms with Crippen LogP contribution in [0, 0.1) is 6.92 Å². The number of anilines is 3. The molecule has 0 aliphatic carbocycles. The number of carbonyl (C=O) groups is 1. The molecule has 156 valence electrons. The fourth-order valence-electron chi connectivity index (χ4n) is 2.47. The first-order valence-corrected chi connectivity index (χ1v) is 10.2. The first-order chi connectivity index (χ1) is 14.5. The van der Waals surface area contributed by atoms with E-state index in [1.807, 2.05) is 44.2 Å². The zero-order valence-electron chi connectivity index (χ0n) is 16.7. The van der Waals surface area contributed by atoms with Crippen LogP contribution < -0.4 is 25.9 Å². The van der Waals surface area contributed by atoms with Gasteiger partial charge in [-0.25, -0.2) is 4.98 Å². The van der Waals surface area contributed by atoms with Crippen LogP contribution >= 0.6 is 11.3 Å². The Hall–Kier alpha value is -3.59. The van der Waals surface area contributed by atoms with Gasteiger partial charge < -0.3 is 20.5 Å². The van der Waals surface area contributed by atoms with Crippen LogP contribution in [0.25, 0.3) is 0 Å². The fourth-order valence-corrected chi connectivity index (χ4v) is 3.02. The van der Waals surface area contributed by atoms with Crippen LogP contribution in [-0.2, 0) is 4.79 Å². The van der Waals surface area contributed by atoms with Crippen molar-refractivity contribution in [2.75, 3.05) is 29.7 Å². The molecule has 2 aromatic carbocycles. The minimum Gasteiger partial charge on any atom is -0.490 e. The van der Waals surface area contributed by atoms with Crippen molar-refractivity contribution in [3.63, 3.8) is 0 Å². The molecule has 0 bridgehead atoms. The maximum absolute atomic E-state index is 12.2. The van der Waals surface area contributed by atoms with E-state index in [4.69, 9.17) is 15.2 Å². The van der Waals surface area contributed by atoms with E-state index in [9.17, 15) is 4.79 Å². The molecular formula is C21H23N5O3S. The average Bonchev–Trinajstić information content (AvgIpc) is 3.14. The second-order valence-corrected chi connectivity index (χ2v) is 7.15. The molecule has 0 aliphatic heterocycles. The van der Waals surface area contributed by atoms with Crippen molar-refractivity contribution in [1.29, 1.82) is 0 Å². The van der Waals surface area contributed by atoms with E-state index < -0.39 is 0 Å². The molecule has 0 saturated carbocycles. The van der Waals surface area contributed by atoms with Crippen molar-refractivity contribution in [2.45, 2.75) is 13.8 Å². The maximum atomic E-state index is 12.2. The number of hydrogen-bond acceptors (Lipinski definition) is 8. The number of aryl methyl sites for hydroxylation is 1. The number of rotatable bonds is 9. The van der Waals surface area contributed by atoms with Crippen LogP contribution in [0.2, 0.25) is 0 Å². The van der Waals surface area contributed by atoms with Gasteiger partial charge in [0.2, 0.25) is 5.13 Å². The van der Waals surface area contributed by atoms with Gasteiger partial charge in [0.25, 0.3) is 5.91 Å². The first-order valence-electron chi connectivity index (χ1n) is 9.29. The zero-order chi connectivity index (χ0) is 21.3. The smallest absolute Gasteiger partial charge is 0.262 e. The minimum absolute atomic E-state index is 0.131. The number of nitrogen functional groups attached to an aromatic ring is 1. The third-order valence-corrected chi connectivity index (χ3v) is 4.62. The summed E-state index contributed by atoms with van der Waals surface area (Å²) in [6.07, 6.45) is 1.63. The lowest BCUT2D eigenvalue weighted by molar-refractivity contribution is -0.118. The molecule has 1 aromatic heterocycles. The molecule has 0 atom stereocenters. The summed E-state index contributed by atoms with van der Waals surface area (Å²) in [6.45, 7) is 4.20. The van der Waals surface area contributed by atoms with Gasteiger partial charge in [-0.2, -0.15) is 5.10 Å². The van der Waals surface area contributed by atoms with Crippen LogP contribution in [0.15, 0.2) is 52.9 Å². The summed E-state index contributed by atoms with van der Waals surface area (Å²) in [5, 5.41) is 9.27. The highest BCUT2D eigenvalue weighted by molar-refractivity contribution is 7.14. The van der Waals surface area contributed by atoms with E-state index in [0.717, 1.165) is 16.8 Å². The van der Waals surface area contributed by atoms with Crippen LogP contribution in [0.4, 0.5) is 16.6 Å². The highest BCUT2D eigenvalue weighted by atomic mass is 32.1. The average molecular weight is 426 g/mol. The van der Waals surface area contributed by atoms with Crippen molar-refractivity contribution in [2.24, 2.45) is 5.10 Å². The van der Waals surface area contributed by atoms with Crippen molar-refractivity contribution < 1.29 is 14.3 Å². The van der Waals surface area contributed by atoms with Gasteiger partial charge in [0.15, 0.2) is 18.1 Å². The molecule has 3 rings (SSSR count). The molecule has 30 heavy (non-hydrogen) atoms. The third kappa shape index (κ3) is 6.21. The quantitative estimate of drug-likeness (QED) is 0.354. The minimum atomic E-state index is -0.251. The molecule has 0 fully saturated rings. The van der Waals surface area contributed by atoms with Gasteiger partial charge in [-0.1, -0.05) is 17.7 Å². The Bertz CT molecular complexity index is 1020. The number of ether oxygens (including phenoxy) is 2. The Morgan fingerprint density at radius 3 is 2.70 bits per heavy atom. The second-order valence-electron chi connectivity index (χ2n) is 6.29. The second kappa shape index (κ2) is 10.3. The summed E-state index contributed by atoms with van der Waals surface area (Å²) in [5.41, 5.74) is 11.0. The topological polar surface area (TPSA) is 111 Å². The first kappa shape index (κ1) is 21.1. The number of hydrazone groups is 1. The lowest BCUT2D eigenvalue weighted by Gasteiger charge is -2.12. The van der Waals surface area contributed by atoms with E-state index in [2.05, 4.69) is 20.8 Å². The van der Waals surface area contributed by atoms with Crippen LogP contribution in [0.5, 0.6) is 11.5 Å². The van der Waals surface area contributed by atoms with Crippen molar-refractivity contribution >= 4 is 40.1 Å². The normalized spacial score (nSPS) is 10.7. The lowest BCUT2D eigenvalue weighted by atomic mass is 10.2. The summed E-state index contributed by atoms with van der Waals surface area (Å²) in [5.74, 6) is 1.21. The van der Waals surface area contributed by atoms with E-state index in [1.54, 1.807) is 23.7 Å². The monoisotopic (exact) mass is 425 g/mol. The SMILES string of the molecule is CCOc1cc(C=NNc2nc(N)cs2)ccc1OCC(=O)Nc1ccc(C)cc1. The van der Waals surface area contributed by atoms with Gasteiger partial charge in [0.1, 0.15) is 5.82 Å². The van der Waals surface area contributed by atoms with E-state index >= 15 is 0 Å². The van der Waals surface area contributed by atoms with Gasteiger partial charge in [-0.05, 0) is 49.7 Å². The van der Waals surface area contributed by atoms with Gasteiger partial charge in [-0.15, -0.1) is 11.3 Å². The summed E-state index contributed by atoms with van der Waals surface area (Å²) < 4.78 is 11.3. The number of carbonyl (C=O) groups excluding carboxylic acids is 1. The van der Waals surface area contributed by atoms with E-state index in [1.165, 1.54) is 11.3 Å².